The van der Waals surface area contributed by atoms with E-state index >= 15 is 0 Å². The summed E-state index contributed by atoms with van der Waals surface area (Å²) in [7, 11) is 0. The fourth-order valence-corrected chi connectivity index (χ4v) is 3.19. The summed E-state index contributed by atoms with van der Waals surface area (Å²) in [4.78, 5) is 20.6. The lowest BCUT2D eigenvalue weighted by atomic mass is 9.98. The van der Waals surface area contributed by atoms with Gasteiger partial charge in [0.2, 0.25) is 5.91 Å². The molecular formula is C20H18N6O. The van der Waals surface area contributed by atoms with Crippen LogP contribution in [0.3, 0.4) is 0 Å². The zero-order chi connectivity index (χ0) is 19.1. The summed E-state index contributed by atoms with van der Waals surface area (Å²) in [5.74, 6) is -0.167. The Morgan fingerprint density at radius 2 is 2.04 bits per heavy atom. The third-order valence-corrected chi connectivity index (χ3v) is 4.98. The molecule has 1 fully saturated rings. The molecule has 3 aromatic rings. The average Bonchev–Trinajstić information content (AvgIpc) is 3.44. The predicted molar refractivity (Wildman–Crippen MR) is 104 cm³/mol. The zero-order valence-electron chi connectivity index (χ0n) is 14.7. The largest absolute Gasteiger partial charge is 0.398 e. The highest BCUT2D eigenvalue weighted by Crippen LogP contribution is 2.38. The minimum absolute atomic E-state index is 0.173. The second-order valence-corrected chi connectivity index (χ2v) is 6.82. The number of rotatable bonds is 3. The van der Waals surface area contributed by atoms with Gasteiger partial charge in [-0.05, 0) is 48.1 Å². The van der Waals surface area contributed by atoms with E-state index in [-0.39, 0.29) is 17.7 Å². The highest BCUT2D eigenvalue weighted by Gasteiger charge is 2.43. The number of hydrogen-bond donors (Lipinski definition) is 3. The van der Waals surface area contributed by atoms with Gasteiger partial charge in [-0.25, -0.2) is 4.98 Å². The minimum Gasteiger partial charge on any atom is -0.398 e. The van der Waals surface area contributed by atoms with Crippen LogP contribution in [-0.2, 0) is 4.79 Å². The molecule has 4 rings (SSSR count). The number of amides is 1. The summed E-state index contributed by atoms with van der Waals surface area (Å²) >= 11 is 0. The summed E-state index contributed by atoms with van der Waals surface area (Å²) < 4.78 is 0. The van der Waals surface area contributed by atoms with E-state index in [0.717, 1.165) is 27.5 Å². The second kappa shape index (κ2) is 6.25. The molecule has 2 atom stereocenters. The van der Waals surface area contributed by atoms with E-state index in [4.69, 9.17) is 16.7 Å². The van der Waals surface area contributed by atoms with E-state index < -0.39 is 0 Å². The van der Waals surface area contributed by atoms with Crippen LogP contribution in [0.5, 0.6) is 0 Å². The predicted octanol–water partition coefficient (Wildman–Crippen LogP) is 2.87. The van der Waals surface area contributed by atoms with Crippen LogP contribution in [-0.4, -0.2) is 15.9 Å². The maximum atomic E-state index is 12.2. The van der Waals surface area contributed by atoms with Crippen LogP contribution in [0.2, 0.25) is 0 Å². The number of nitrogens with two attached hydrogens (primary N) is 2. The van der Waals surface area contributed by atoms with Crippen molar-refractivity contribution in [1.29, 1.82) is 5.26 Å². The van der Waals surface area contributed by atoms with Crippen LogP contribution >= 0.6 is 0 Å². The molecule has 0 bridgehead atoms. The van der Waals surface area contributed by atoms with Crippen LogP contribution in [0.4, 0.5) is 17.2 Å². The lowest BCUT2D eigenvalue weighted by Gasteiger charge is -2.12. The van der Waals surface area contributed by atoms with Crippen molar-refractivity contribution in [3.8, 4) is 17.2 Å². The molecule has 0 radical (unpaired) electrons. The monoisotopic (exact) mass is 358 g/mol. The molecule has 2 unspecified atom stereocenters. The third-order valence-electron chi connectivity index (χ3n) is 4.98. The Kier molecular flexibility index (Phi) is 3.89. The van der Waals surface area contributed by atoms with Crippen molar-refractivity contribution < 1.29 is 4.79 Å². The number of carbonyl (C=O) groups is 1. The van der Waals surface area contributed by atoms with Gasteiger partial charge in [0, 0.05) is 29.0 Å². The smallest absolute Gasteiger partial charge is 0.230 e. The molecule has 0 aliphatic heterocycles. The highest BCUT2D eigenvalue weighted by atomic mass is 16.2. The summed E-state index contributed by atoms with van der Waals surface area (Å²) in [5.41, 5.74) is 16.1. The molecule has 1 aliphatic carbocycles. The SMILES string of the molecule is Cc1c(N)cncc1-c1cc(N)c2cnc(NC(=O)C3CC3C#N)cc2c1. The molecule has 2 aromatic heterocycles. The Morgan fingerprint density at radius 3 is 2.78 bits per heavy atom. The number of nitrogens with one attached hydrogen (secondary N) is 1. The van der Waals surface area contributed by atoms with E-state index in [1.165, 1.54) is 0 Å². The number of benzene rings is 1. The van der Waals surface area contributed by atoms with Crippen LogP contribution < -0.4 is 16.8 Å². The standard InChI is InChI=1S/C20H18N6O/c1-10-15(7-24-9-18(10)23)11-2-12-5-19(25-8-16(12)17(22)4-11)26-20(27)14-3-13(14)6-21/h2,4-5,7-9,13-14H,3,22-23H2,1H3,(H,25,26,27). The molecule has 1 saturated carbocycles. The van der Waals surface area contributed by atoms with Crippen molar-refractivity contribution in [3.05, 3.63) is 42.4 Å². The number of aromatic nitrogens is 2. The first-order valence-corrected chi connectivity index (χ1v) is 8.58. The molecule has 7 nitrogen and oxygen atoms in total. The summed E-state index contributed by atoms with van der Waals surface area (Å²) in [6.07, 6.45) is 5.62. The van der Waals surface area contributed by atoms with Gasteiger partial charge in [0.15, 0.2) is 0 Å². The lowest BCUT2D eigenvalue weighted by molar-refractivity contribution is -0.117. The van der Waals surface area contributed by atoms with Crippen molar-refractivity contribution in [3.63, 3.8) is 0 Å². The van der Waals surface area contributed by atoms with Crippen LogP contribution in [0.1, 0.15) is 12.0 Å². The minimum atomic E-state index is -0.245. The number of hydrogen-bond acceptors (Lipinski definition) is 6. The van der Waals surface area contributed by atoms with Crippen LogP contribution in [0.25, 0.3) is 21.9 Å². The average molecular weight is 358 g/mol. The van der Waals surface area contributed by atoms with Gasteiger partial charge >= 0.3 is 0 Å². The van der Waals surface area contributed by atoms with Gasteiger partial charge in [0.05, 0.1) is 29.8 Å². The molecule has 0 spiro atoms. The number of nitrogen functional groups attached to an aromatic ring is 2. The van der Waals surface area contributed by atoms with Crippen LogP contribution in [0, 0.1) is 30.1 Å². The van der Waals surface area contributed by atoms with Gasteiger partial charge in [0.1, 0.15) is 5.82 Å². The number of nitriles is 1. The van der Waals surface area contributed by atoms with Gasteiger partial charge in [-0.2, -0.15) is 5.26 Å². The van der Waals surface area contributed by atoms with Crippen molar-refractivity contribution in [2.24, 2.45) is 11.8 Å². The Morgan fingerprint density at radius 1 is 1.22 bits per heavy atom. The van der Waals surface area contributed by atoms with Crippen molar-refractivity contribution in [2.45, 2.75) is 13.3 Å². The van der Waals surface area contributed by atoms with Gasteiger partial charge in [-0.3, -0.25) is 9.78 Å². The van der Waals surface area contributed by atoms with Gasteiger partial charge in [-0.1, -0.05) is 0 Å². The Bertz CT molecular complexity index is 1120. The first kappa shape index (κ1) is 16.8. The fraction of sp³-hybridized carbons (Fsp3) is 0.200. The summed E-state index contributed by atoms with van der Waals surface area (Å²) in [5, 5.41) is 13.3. The van der Waals surface area contributed by atoms with E-state index in [1.807, 2.05) is 19.1 Å². The van der Waals surface area contributed by atoms with Crippen LogP contribution in [0.15, 0.2) is 36.8 Å². The maximum absolute atomic E-state index is 12.2. The molecule has 2 heterocycles. The molecule has 134 valence electrons. The molecule has 1 aliphatic rings. The number of fused-ring (bicyclic) bond motifs is 1. The number of carbonyl (C=O) groups excluding carboxylic acids is 1. The molecule has 7 heteroatoms. The van der Waals surface area contributed by atoms with Gasteiger partial charge in [-0.15, -0.1) is 0 Å². The fourth-order valence-electron chi connectivity index (χ4n) is 3.19. The van der Waals surface area contributed by atoms with E-state index in [0.29, 0.717) is 23.6 Å². The number of anilines is 3. The van der Waals surface area contributed by atoms with Crippen molar-refractivity contribution in [1.82, 2.24) is 9.97 Å². The van der Waals surface area contributed by atoms with E-state index in [1.54, 1.807) is 24.7 Å². The number of nitrogens with zero attached hydrogens (tertiary/aromatic N) is 3. The Balaban J connectivity index is 1.71. The van der Waals surface area contributed by atoms with Crippen molar-refractivity contribution in [2.75, 3.05) is 16.8 Å². The van der Waals surface area contributed by atoms with Gasteiger partial charge < -0.3 is 16.8 Å². The second-order valence-electron chi connectivity index (χ2n) is 6.82. The highest BCUT2D eigenvalue weighted by molar-refractivity contribution is 6.00. The van der Waals surface area contributed by atoms with Gasteiger partial charge in [0.25, 0.3) is 0 Å². The Labute approximate surface area is 156 Å². The first-order chi connectivity index (χ1) is 13.0. The van der Waals surface area contributed by atoms with Crippen molar-refractivity contribution >= 4 is 33.9 Å². The third kappa shape index (κ3) is 3.02. The zero-order valence-corrected chi connectivity index (χ0v) is 14.7. The van der Waals surface area contributed by atoms with E-state index in [9.17, 15) is 4.79 Å². The molecule has 1 aromatic carbocycles. The topological polar surface area (TPSA) is 131 Å². The molecule has 1 amide bonds. The molecule has 0 saturated heterocycles. The summed E-state index contributed by atoms with van der Waals surface area (Å²) in [6, 6.07) is 7.74. The summed E-state index contributed by atoms with van der Waals surface area (Å²) in [6.45, 7) is 1.94. The first-order valence-electron chi connectivity index (χ1n) is 8.58. The maximum Gasteiger partial charge on any atom is 0.230 e. The normalized spacial score (nSPS) is 18.1. The quantitative estimate of drug-likeness (QED) is 0.617. The Hall–Kier alpha value is -3.66. The van der Waals surface area contributed by atoms with E-state index in [2.05, 4.69) is 21.4 Å². The lowest BCUT2D eigenvalue weighted by Crippen LogP contribution is -2.15. The molecule has 5 N–H and O–H groups in total. The molecular weight excluding hydrogens is 340 g/mol. The molecule has 27 heavy (non-hydrogen) atoms. The number of pyridine rings is 2.